The van der Waals surface area contributed by atoms with E-state index in [0.29, 0.717) is 0 Å². The van der Waals surface area contributed by atoms with Crippen LogP contribution in [-0.2, 0) is 6.42 Å². The van der Waals surface area contributed by atoms with Crippen molar-refractivity contribution in [1.82, 2.24) is 4.98 Å². The zero-order chi connectivity index (χ0) is 19.2. The van der Waals surface area contributed by atoms with Gasteiger partial charge in [-0.3, -0.25) is 5.43 Å². The first-order chi connectivity index (χ1) is 13.8. The zero-order valence-corrected chi connectivity index (χ0v) is 16.5. The number of thiazole rings is 1. The Kier molecular flexibility index (Phi) is 5.59. The predicted octanol–water partition coefficient (Wildman–Crippen LogP) is 6.24. The second kappa shape index (κ2) is 8.63. The molecule has 3 aromatic carbocycles. The Morgan fingerprint density at radius 1 is 0.857 bits per heavy atom. The summed E-state index contributed by atoms with van der Waals surface area (Å²) in [7, 11) is 0. The fourth-order valence-electron chi connectivity index (χ4n) is 2.96. The summed E-state index contributed by atoms with van der Waals surface area (Å²) in [6, 6.07) is 29.2. The van der Waals surface area contributed by atoms with Crippen molar-refractivity contribution in [2.45, 2.75) is 13.3 Å². The maximum atomic E-state index is 4.61. The Bertz CT molecular complexity index is 1050. The molecule has 138 valence electrons. The van der Waals surface area contributed by atoms with E-state index in [1.165, 1.54) is 11.1 Å². The molecular formula is C24H21N3S. The van der Waals surface area contributed by atoms with E-state index in [1.54, 1.807) is 11.3 Å². The highest BCUT2D eigenvalue weighted by atomic mass is 32.1. The Morgan fingerprint density at radius 3 is 2.21 bits per heavy atom. The van der Waals surface area contributed by atoms with Crippen molar-refractivity contribution in [1.29, 1.82) is 0 Å². The summed E-state index contributed by atoms with van der Waals surface area (Å²) in [5.41, 5.74) is 9.81. The molecule has 4 aromatic rings. The molecule has 4 rings (SSSR count). The number of hydrazone groups is 1. The van der Waals surface area contributed by atoms with Crippen molar-refractivity contribution in [2.75, 3.05) is 5.43 Å². The standard InChI is InChI=1S/C24H21N3S/c1-18(21-14-12-20(13-15-21)16-19-8-4-2-5-9-19)26-27-24-25-23(17-28-24)22-10-6-3-7-11-22/h2-15,17H,16H2,1H3,(H,25,27)/b26-18-. The Balaban J connectivity index is 1.41. The SMILES string of the molecule is C/C(=N/Nc1nc(-c2ccccc2)cs1)c1ccc(Cc2ccccc2)cc1. The van der Waals surface area contributed by atoms with Crippen LogP contribution < -0.4 is 5.43 Å². The van der Waals surface area contributed by atoms with Crippen molar-refractivity contribution in [3.63, 3.8) is 0 Å². The number of nitrogens with one attached hydrogen (secondary N) is 1. The molecule has 0 unspecified atom stereocenters. The zero-order valence-electron chi connectivity index (χ0n) is 15.7. The van der Waals surface area contributed by atoms with Crippen LogP contribution >= 0.6 is 11.3 Å². The lowest BCUT2D eigenvalue weighted by atomic mass is 10.0. The summed E-state index contributed by atoms with van der Waals surface area (Å²) in [6.07, 6.45) is 0.941. The van der Waals surface area contributed by atoms with E-state index in [9.17, 15) is 0 Å². The molecule has 1 aromatic heterocycles. The van der Waals surface area contributed by atoms with Crippen molar-refractivity contribution < 1.29 is 0 Å². The lowest BCUT2D eigenvalue weighted by molar-refractivity contribution is 1.19. The first kappa shape index (κ1) is 18.1. The lowest BCUT2D eigenvalue weighted by Gasteiger charge is -2.05. The number of nitrogens with zero attached hydrogens (tertiary/aromatic N) is 2. The van der Waals surface area contributed by atoms with Crippen LogP contribution in [0.4, 0.5) is 5.13 Å². The van der Waals surface area contributed by atoms with Crippen LogP contribution in [-0.4, -0.2) is 10.7 Å². The molecule has 0 spiro atoms. The molecule has 4 heteroatoms. The van der Waals surface area contributed by atoms with E-state index in [-0.39, 0.29) is 0 Å². The maximum Gasteiger partial charge on any atom is 0.203 e. The number of hydrogen-bond acceptors (Lipinski definition) is 4. The molecule has 0 atom stereocenters. The van der Waals surface area contributed by atoms with Crippen LogP contribution in [0.25, 0.3) is 11.3 Å². The minimum absolute atomic E-state index is 0.791. The van der Waals surface area contributed by atoms with Gasteiger partial charge in [-0.05, 0) is 30.0 Å². The summed E-state index contributed by atoms with van der Waals surface area (Å²) in [6.45, 7) is 2.00. The minimum Gasteiger partial charge on any atom is -0.252 e. The molecule has 0 aliphatic carbocycles. The van der Waals surface area contributed by atoms with Gasteiger partial charge < -0.3 is 0 Å². The summed E-state index contributed by atoms with van der Waals surface area (Å²) in [5.74, 6) is 0. The lowest BCUT2D eigenvalue weighted by Crippen LogP contribution is -2.00. The molecular weight excluding hydrogens is 362 g/mol. The topological polar surface area (TPSA) is 37.3 Å². The fourth-order valence-corrected chi connectivity index (χ4v) is 3.62. The Morgan fingerprint density at radius 2 is 1.50 bits per heavy atom. The van der Waals surface area contributed by atoms with E-state index in [0.717, 1.165) is 34.1 Å². The number of anilines is 1. The van der Waals surface area contributed by atoms with Gasteiger partial charge in [-0.2, -0.15) is 5.10 Å². The third kappa shape index (κ3) is 4.53. The summed E-state index contributed by atoms with van der Waals surface area (Å²) >= 11 is 1.56. The van der Waals surface area contributed by atoms with Gasteiger partial charge in [-0.15, -0.1) is 11.3 Å². The number of rotatable bonds is 6. The Labute approximate surface area is 169 Å². The highest BCUT2D eigenvalue weighted by molar-refractivity contribution is 7.14. The van der Waals surface area contributed by atoms with E-state index in [1.807, 2.05) is 36.6 Å². The van der Waals surface area contributed by atoms with E-state index < -0.39 is 0 Å². The quantitative estimate of drug-likeness (QED) is 0.316. The molecule has 0 saturated carbocycles. The molecule has 0 bridgehead atoms. The average molecular weight is 384 g/mol. The van der Waals surface area contributed by atoms with Crippen LogP contribution in [0.2, 0.25) is 0 Å². The third-order valence-electron chi connectivity index (χ3n) is 4.52. The number of aromatic nitrogens is 1. The highest BCUT2D eigenvalue weighted by Crippen LogP contribution is 2.24. The normalized spacial score (nSPS) is 11.4. The van der Waals surface area contributed by atoms with Gasteiger partial charge in [0.1, 0.15) is 0 Å². The molecule has 1 heterocycles. The van der Waals surface area contributed by atoms with Crippen LogP contribution in [0.1, 0.15) is 23.6 Å². The van der Waals surface area contributed by atoms with Gasteiger partial charge in [0.05, 0.1) is 11.4 Å². The van der Waals surface area contributed by atoms with Crippen LogP contribution in [0.3, 0.4) is 0 Å². The number of hydrogen-bond donors (Lipinski definition) is 1. The predicted molar refractivity (Wildman–Crippen MR) is 119 cm³/mol. The van der Waals surface area contributed by atoms with Gasteiger partial charge >= 0.3 is 0 Å². The van der Waals surface area contributed by atoms with Crippen molar-refractivity contribution in [3.8, 4) is 11.3 Å². The molecule has 0 aliphatic heterocycles. The molecule has 28 heavy (non-hydrogen) atoms. The largest absolute Gasteiger partial charge is 0.252 e. The van der Waals surface area contributed by atoms with Gasteiger partial charge in [-0.1, -0.05) is 84.9 Å². The smallest absolute Gasteiger partial charge is 0.203 e. The first-order valence-corrected chi connectivity index (χ1v) is 10.1. The highest BCUT2D eigenvalue weighted by Gasteiger charge is 2.04. The summed E-state index contributed by atoms with van der Waals surface area (Å²) in [4.78, 5) is 4.61. The summed E-state index contributed by atoms with van der Waals surface area (Å²) in [5, 5.41) is 7.33. The molecule has 0 amide bonds. The molecule has 1 N–H and O–H groups in total. The van der Waals surface area contributed by atoms with Gasteiger partial charge in [0, 0.05) is 10.9 Å². The van der Waals surface area contributed by atoms with Crippen molar-refractivity contribution in [2.24, 2.45) is 5.10 Å². The third-order valence-corrected chi connectivity index (χ3v) is 5.26. The van der Waals surface area contributed by atoms with E-state index in [4.69, 9.17) is 0 Å². The van der Waals surface area contributed by atoms with Crippen molar-refractivity contribution in [3.05, 3.63) is 107 Å². The van der Waals surface area contributed by atoms with Gasteiger partial charge in [0.2, 0.25) is 5.13 Å². The second-order valence-electron chi connectivity index (χ2n) is 6.57. The van der Waals surface area contributed by atoms with Gasteiger partial charge in [0.25, 0.3) is 0 Å². The van der Waals surface area contributed by atoms with Gasteiger partial charge in [-0.25, -0.2) is 4.98 Å². The molecule has 3 nitrogen and oxygen atoms in total. The van der Waals surface area contributed by atoms with Crippen LogP contribution in [0, 0.1) is 0 Å². The fraction of sp³-hybridized carbons (Fsp3) is 0.0833. The Hall–Kier alpha value is -3.24. The molecule has 0 aliphatic rings. The summed E-state index contributed by atoms with van der Waals surface area (Å²) < 4.78 is 0. The molecule has 0 radical (unpaired) electrons. The second-order valence-corrected chi connectivity index (χ2v) is 7.43. The van der Waals surface area contributed by atoms with Crippen molar-refractivity contribution >= 4 is 22.2 Å². The van der Waals surface area contributed by atoms with E-state index >= 15 is 0 Å². The number of benzene rings is 3. The monoisotopic (exact) mass is 383 g/mol. The first-order valence-electron chi connectivity index (χ1n) is 9.22. The van der Waals surface area contributed by atoms with Crippen LogP contribution in [0.15, 0.2) is 95.4 Å². The molecule has 0 fully saturated rings. The minimum atomic E-state index is 0.791. The molecule has 0 saturated heterocycles. The average Bonchev–Trinajstić information content (AvgIpc) is 3.23. The van der Waals surface area contributed by atoms with E-state index in [2.05, 4.69) is 76.2 Å². The van der Waals surface area contributed by atoms with Crippen LogP contribution in [0.5, 0.6) is 0 Å². The maximum absolute atomic E-state index is 4.61. The van der Waals surface area contributed by atoms with Gasteiger partial charge in [0.15, 0.2) is 0 Å².